The van der Waals surface area contributed by atoms with Crippen LogP contribution >= 0.6 is 0 Å². The maximum atomic E-state index is 5.45. The van der Waals surface area contributed by atoms with Crippen LogP contribution in [0, 0.1) is 12.3 Å². The van der Waals surface area contributed by atoms with Crippen molar-refractivity contribution in [2.45, 2.75) is 46.2 Å². The highest BCUT2D eigenvalue weighted by Crippen LogP contribution is 2.43. The van der Waals surface area contributed by atoms with Crippen LogP contribution < -0.4 is 5.32 Å². The Bertz CT molecular complexity index is 603. The Labute approximate surface area is 119 Å². The van der Waals surface area contributed by atoms with Gasteiger partial charge in [-0.15, -0.1) is 10.2 Å². The lowest BCUT2D eigenvalue weighted by atomic mass is 9.70. The number of aryl methyl sites for hydroxylation is 2. The van der Waals surface area contributed by atoms with Crippen molar-refractivity contribution in [1.29, 1.82) is 0 Å². The van der Waals surface area contributed by atoms with Crippen LogP contribution in [-0.4, -0.2) is 10.2 Å². The summed E-state index contributed by atoms with van der Waals surface area (Å²) in [6.07, 6.45) is 2.34. The van der Waals surface area contributed by atoms with Gasteiger partial charge in [0.2, 0.25) is 11.8 Å². The molecule has 1 heterocycles. The van der Waals surface area contributed by atoms with Gasteiger partial charge in [-0.25, -0.2) is 0 Å². The average molecular weight is 271 g/mol. The first-order valence-corrected chi connectivity index (χ1v) is 7.16. The molecule has 1 aliphatic rings. The lowest BCUT2D eigenvalue weighted by Crippen LogP contribution is -2.37. The van der Waals surface area contributed by atoms with Crippen molar-refractivity contribution >= 4 is 0 Å². The van der Waals surface area contributed by atoms with E-state index in [1.165, 1.54) is 17.5 Å². The van der Waals surface area contributed by atoms with Gasteiger partial charge < -0.3 is 9.73 Å². The van der Waals surface area contributed by atoms with E-state index in [-0.39, 0.29) is 5.41 Å². The van der Waals surface area contributed by atoms with Crippen LogP contribution in [0.5, 0.6) is 0 Å². The molecule has 0 amide bonds. The van der Waals surface area contributed by atoms with Crippen molar-refractivity contribution in [3.8, 4) is 0 Å². The molecule has 2 aromatic rings. The van der Waals surface area contributed by atoms with E-state index >= 15 is 0 Å². The number of aromatic nitrogens is 2. The maximum absolute atomic E-state index is 5.45. The van der Waals surface area contributed by atoms with Gasteiger partial charge in [0.15, 0.2) is 0 Å². The summed E-state index contributed by atoms with van der Waals surface area (Å²) >= 11 is 0. The maximum Gasteiger partial charge on any atom is 0.230 e. The van der Waals surface area contributed by atoms with Gasteiger partial charge in [-0.3, -0.25) is 0 Å². The van der Waals surface area contributed by atoms with Crippen LogP contribution in [0.2, 0.25) is 0 Å². The molecule has 1 aromatic carbocycles. The zero-order valence-electron chi connectivity index (χ0n) is 12.3. The predicted molar refractivity (Wildman–Crippen MR) is 77.2 cm³/mol. The zero-order valence-corrected chi connectivity index (χ0v) is 12.3. The molecule has 0 aliphatic heterocycles. The second-order valence-electron chi connectivity index (χ2n) is 6.22. The van der Waals surface area contributed by atoms with E-state index in [2.05, 4.69) is 53.6 Å². The molecule has 0 saturated carbocycles. The molecule has 1 N–H and O–H groups in total. The number of hydrogen-bond acceptors (Lipinski definition) is 4. The van der Waals surface area contributed by atoms with Crippen LogP contribution in [-0.2, 0) is 13.0 Å². The van der Waals surface area contributed by atoms with E-state index in [0.717, 1.165) is 6.42 Å². The third-order valence-electron chi connectivity index (χ3n) is 4.21. The molecule has 0 radical (unpaired) electrons. The molecule has 20 heavy (non-hydrogen) atoms. The van der Waals surface area contributed by atoms with Crippen molar-refractivity contribution < 1.29 is 4.42 Å². The zero-order chi connectivity index (χ0) is 14.2. The number of nitrogens with zero attached hydrogens (tertiary/aromatic N) is 2. The van der Waals surface area contributed by atoms with Gasteiger partial charge in [0.25, 0.3) is 0 Å². The van der Waals surface area contributed by atoms with Crippen molar-refractivity contribution in [2.75, 3.05) is 0 Å². The summed E-state index contributed by atoms with van der Waals surface area (Å²) in [7, 11) is 0. The highest BCUT2D eigenvalue weighted by Gasteiger charge is 2.35. The number of benzene rings is 1. The third-order valence-corrected chi connectivity index (χ3v) is 4.21. The second-order valence-corrected chi connectivity index (χ2v) is 6.22. The Morgan fingerprint density at radius 2 is 2.10 bits per heavy atom. The summed E-state index contributed by atoms with van der Waals surface area (Å²) in [6.45, 7) is 7.07. The van der Waals surface area contributed by atoms with Gasteiger partial charge in [0.1, 0.15) is 0 Å². The fourth-order valence-electron chi connectivity index (χ4n) is 3.05. The summed E-state index contributed by atoms with van der Waals surface area (Å²) < 4.78 is 5.45. The molecule has 4 heteroatoms. The minimum Gasteiger partial charge on any atom is -0.424 e. The van der Waals surface area contributed by atoms with Crippen LogP contribution in [0.1, 0.15) is 49.2 Å². The van der Waals surface area contributed by atoms with E-state index in [4.69, 9.17) is 4.42 Å². The number of fused-ring (bicyclic) bond motifs is 1. The molecule has 0 bridgehead atoms. The van der Waals surface area contributed by atoms with Crippen molar-refractivity contribution in [1.82, 2.24) is 15.5 Å². The Hall–Kier alpha value is -1.68. The summed E-state index contributed by atoms with van der Waals surface area (Å²) in [5.74, 6) is 1.27. The summed E-state index contributed by atoms with van der Waals surface area (Å²) in [6, 6.07) is 9.02. The highest BCUT2D eigenvalue weighted by atomic mass is 16.4. The van der Waals surface area contributed by atoms with Gasteiger partial charge in [0.05, 0.1) is 6.54 Å². The van der Waals surface area contributed by atoms with E-state index in [1.807, 2.05) is 6.92 Å². The molecule has 1 aliphatic carbocycles. The molecule has 1 unspecified atom stereocenters. The minimum atomic E-state index is 0.226. The van der Waals surface area contributed by atoms with Crippen LogP contribution in [0.25, 0.3) is 0 Å². The van der Waals surface area contributed by atoms with E-state index in [9.17, 15) is 0 Å². The Balaban J connectivity index is 1.82. The lowest BCUT2D eigenvalue weighted by molar-refractivity contribution is 0.203. The van der Waals surface area contributed by atoms with E-state index < -0.39 is 0 Å². The fraction of sp³-hybridized carbons (Fsp3) is 0.500. The molecule has 0 fully saturated rings. The average Bonchev–Trinajstić information content (AvgIpc) is 2.83. The molecule has 1 aromatic heterocycles. The lowest BCUT2D eigenvalue weighted by Gasteiger charge is -2.40. The van der Waals surface area contributed by atoms with Crippen molar-refractivity contribution in [2.24, 2.45) is 5.41 Å². The Morgan fingerprint density at radius 3 is 2.85 bits per heavy atom. The molecule has 0 spiro atoms. The van der Waals surface area contributed by atoms with Gasteiger partial charge in [-0.2, -0.15) is 0 Å². The topological polar surface area (TPSA) is 51.0 Å². The van der Waals surface area contributed by atoms with Crippen LogP contribution in [0.15, 0.2) is 28.7 Å². The standard InChI is InChI=1S/C16H21N3O/c1-11-18-19-14(20-11)10-17-15-13-7-5-4-6-12(13)8-9-16(15,2)3/h4-7,15,17H,8-10H2,1-3H3. The SMILES string of the molecule is Cc1nnc(CNC2c3ccccc3CCC2(C)C)o1. The molecule has 0 saturated heterocycles. The molecule has 3 rings (SSSR count). The molecule has 106 valence electrons. The van der Waals surface area contributed by atoms with Crippen molar-refractivity contribution in [3.05, 3.63) is 47.2 Å². The minimum absolute atomic E-state index is 0.226. The number of nitrogens with one attached hydrogen (secondary N) is 1. The quantitative estimate of drug-likeness (QED) is 0.931. The second kappa shape index (κ2) is 5.02. The fourth-order valence-corrected chi connectivity index (χ4v) is 3.05. The first-order chi connectivity index (χ1) is 9.56. The largest absolute Gasteiger partial charge is 0.424 e. The van der Waals surface area contributed by atoms with Crippen LogP contribution in [0.3, 0.4) is 0 Å². The predicted octanol–water partition coefficient (Wildman–Crippen LogP) is 3.18. The summed E-state index contributed by atoms with van der Waals surface area (Å²) in [5, 5.41) is 11.5. The van der Waals surface area contributed by atoms with E-state index in [1.54, 1.807) is 0 Å². The number of rotatable bonds is 3. The molecular formula is C16H21N3O. The monoisotopic (exact) mass is 271 g/mol. The molecule has 1 atom stereocenters. The van der Waals surface area contributed by atoms with Gasteiger partial charge in [-0.1, -0.05) is 38.1 Å². The summed E-state index contributed by atoms with van der Waals surface area (Å²) in [4.78, 5) is 0. The number of hydrogen-bond donors (Lipinski definition) is 1. The third kappa shape index (κ3) is 2.48. The smallest absolute Gasteiger partial charge is 0.230 e. The van der Waals surface area contributed by atoms with Gasteiger partial charge >= 0.3 is 0 Å². The normalized spacial score (nSPS) is 20.6. The first kappa shape index (κ1) is 13.3. The Kier molecular flexibility index (Phi) is 3.34. The van der Waals surface area contributed by atoms with Crippen LogP contribution in [0.4, 0.5) is 0 Å². The summed E-state index contributed by atoms with van der Waals surface area (Å²) in [5.41, 5.74) is 3.08. The Morgan fingerprint density at radius 1 is 1.30 bits per heavy atom. The van der Waals surface area contributed by atoms with Gasteiger partial charge in [-0.05, 0) is 29.4 Å². The van der Waals surface area contributed by atoms with Crippen molar-refractivity contribution in [3.63, 3.8) is 0 Å². The first-order valence-electron chi connectivity index (χ1n) is 7.16. The molecular weight excluding hydrogens is 250 g/mol. The van der Waals surface area contributed by atoms with E-state index in [0.29, 0.717) is 24.4 Å². The molecule has 4 nitrogen and oxygen atoms in total. The highest BCUT2D eigenvalue weighted by molar-refractivity contribution is 5.34. The van der Waals surface area contributed by atoms with Gasteiger partial charge in [0, 0.05) is 13.0 Å².